The molecule has 4 heteroatoms. The molecule has 0 aliphatic rings. The van der Waals surface area contributed by atoms with E-state index in [9.17, 15) is 0 Å². The van der Waals surface area contributed by atoms with Crippen LogP contribution in [0.25, 0.3) is 0 Å². The topological polar surface area (TPSA) is 12.9 Å². The van der Waals surface area contributed by atoms with Crippen LogP contribution in [0.2, 0.25) is 0 Å². The SMILES string of the molecule is [Au+].[Cl-].c1ccc(P(c2ccccc2)c2ccccn2)cc1. The molecule has 0 amide bonds. The fraction of sp³-hybridized carbons (Fsp3) is 0. The van der Waals surface area contributed by atoms with Gasteiger partial charge in [-0.25, -0.2) is 0 Å². The van der Waals surface area contributed by atoms with Crippen LogP contribution < -0.4 is 28.5 Å². The first kappa shape index (κ1) is 18.1. The first-order valence-corrected chi connectivity index (χ1v) is 7.60. The third-order valence-corrected chi connectivity index (χ3v) is 5.26. The van der Waals surface area contributed by atoms with Crippen molar-refractivity contribution in [3.05, 3.63) is 85.1 Å². The van der Waals surface area contributed by atoms with Gasteiger partial charge in [0, 0.05) is 14.1 Å². The molecule has 3 aromatic rings. The summed E-state index contributed by atoms with van der Waals surface area (Å²) in [5, 5.41) is 2.67. The molecule has 0 unspecified atom stereocenters. The van der Waals surface area contributed by atoms with Crippen molar-refractivity contribution in [2.45, 2.75) is 0 Å². The molecular weight excluding hydrogens is 482 g/mol. The molecule has 0 saturated carbocycles. The number of halogens is 1. The van der Waals surface area contributed by atoms with Crippen molar-refractivity contribution in [3.63, 3.8) is 0 Å². The molecule has 0 bridgehead atoms. The second kappa shape index (κ2) is 9.15. The molecular formula is C17H14AuClNP. The number of nitrogens with zero attached hydrogens (tertiary/aromatic N) is 1. The first-order valence-electron chi connectivity index (χ1n) is 6.26. The zero-order valence-corrected chi connectivity index (χ0v) is 15.0. The van der Waals surface area contributed by atoms with E-state index in [4.69, 9.17) is 0 Å². The van der Waals surface area contributed by atoms with Gasteiger partial charge < -0.3 is 12.4 Å². The summed E-state index contributed by atoms with van der Waals surface area (Å²) in [6, 6.07) is 27.4. The van der Waals surface area contributed by atoms with Crippen LogP contribution in [0.4, 0.5) is 0 Å². The van der Waals surface area contributed by atoms with E-state index in [1.807, 2.05) is 12.3 Å². The van der Waals surface area contributed by atoms with Crippen LogP contribution in [0.15, 0.2) is 85.1 Å². The molecule has 0 saturated heterocycles. The van der Waals surface area contributed by atoms with E-state index in [-0.39, 0.29) is 34.8 Å². The minimum atomic E-state index is -0.557. The van der Waals surface area contributed by atoms with E-state index in [1.54, 1.807) is 0 Å². The largest absolute Gasteiger partial charge is 1.00 e. The molecule has 1 nitrogen and oxygen atoms in total. The molecule has 0 N–H and O–H groups in total. The Kier molecular flexibility index (Phi) is 7.88. The number of hydrogen-bond acceptors (Lipinski definition) is 1. The summed E-state index contributed by atoms with van der Waals surface area (Å²) >= 11 is 0. The predicted octanol–water partition coefficient (Wildman–Crippen LogP) is -0.159. The number of rotatable bonds is 3. The minimum absolute atomic E-state index is 0. The summed E-state index contributed by atoms with van der Waals surface area (Å²) < 4.78 is 0. The van der Waals surface area contributed by atoms with Crippen molar-refractivity contribution in [2.24, 2.45) is 0 Å². The summed E-state index contributed by atoms with van der Waals surface area (Å²) in [5.74, 6) is 0. The smallest absolute Gasteiger partial charge is 1.00 e. The van der Waals surface area contributed by atoms with Gasteiger partial charge in [0.25, 0.3) is 0 Å². The molecule has 0 radical (unpaired) electrons. The van der Waals surface area contributed by atoms with Crippen LogP contribution in [0.3, 0.4) is 0 Å². The average Bonchev–Trinajstić information content (AvgIpc) is 2.51. The van der Waals surface area contributed by atoms with E-state index < -0.39 is 7.92 Å². The Labute approximate surface area is 148 Å². The minimum Gasteiger partial charge on any atom is -1.00 e. The molecule has 1 heterocycles. The van der Waals surface area contributed by atoms with Gasteiger partial charge in [-0.05, 0) is 22.7 Å². The Morgan fingerprint density at radius 2 is 1.10 bits per heavy atom. The second-order valence-corrected chi connectivity index (χ2v) is 6.36. The van der Waals surface area contributed by atoms with E-state index >= 15 is 0 Å². The molecule has 1 aromatic heterocycles. The Morgan fingerprint density at radius 3 is 1.52 bits per heavy atom. The van der Waals surface area contributed by atoms with E-state index in [2.05, 4.69) is 77.8 Å². The number of pyridine rings is 1. The summed E-state index contributed by atoms with van der Waals surface area (Å²) in [7, 11) is -0.557. The van der Waals surface area contributed by atoms with Gasteiger partial charge in [0.2, 0.25) is 0 Å². The maximum Gasteiger partial charge on any atom is 1.00 e. The first-order chi connectivity index (χ1) is 9.45. The van der Waals surface area contributed by atoms with Gasteiger partial charge in [-0.2, -0.15) is 0 Å². The van der Waals surface area contributed by atoms with Gasteiger partial charge in [0.1, 0.15) is 0 Å². The Hall–Kier alpha value is -0.950. The molecule has 0 atom stereocenters. The molecule has 0 aliphatic carbocycles. The summed E-state index contributed by atoms with van der Waals surface area (Å²) in [6.07, 6.45) is 1.87. The van der Waals surface area contributed by atoms with Crippen molar-refractivity contribution in [2.75, 3.05) is 0 Å². The van der Waals surface area contributed by atoms with Crippen LogP contribution in [-0.4, -0.2) is 4.98 Å². The monoisotopic (exact) mass is 495 g/mol. The fourth-order valence-electron chi connectivity index (χ4n) is 2.05. The summed E-state index contributed by atoms with van der Waals surface area (Å²) in [5.41, 5.74) is 1.15. The Balaban J connectivity index is 0.00000110. The van der Waals surface area contributed by atoms with Gasteiger partial charge in [-0.1, -0.05) is 66.7 Å². The van der Waals surface area contributed by atoms with Crippen LogP contribution in [0.5, 0.6) is 0 Å². The van der Waals surface area contributed by atoms with Crippen molar-refractivity contribution < 1.29 is 34.8 Å². The van der Waals surface area contributed by atoms with Gasteiger partial charge in [0.15, 0.2) is 0 Å². The normalized spacial score (nSPS) is 9.57. The second-order valence-electron chi connectivity index (χ2n) is 4.19. The van der Waals surface area contributed by atoms with Crippen molar-refractivity contribution in [1.29, 1.82) is 0 Å². The van der Waals surface area contributed by atoms with Gasteiger partial charge in [-0.3, -0.25) is 4.98 Å². The predicted molar refractivity (Wildman–Crippen MR) is 82.9 cm³/mol. The van der Waals surface area contributed by atoms with Gasteiger partial charge >= 0.3 is 22.4 Å². The van der Waals surface area contributed by atoms with Crippen LogP contribution >= 0.6 is 7.92 Å². The average molecular weight is 496 g/mol. The van der Waals surface area contributed by atoms with Crippen molar-refractivity contribution >= 4 is 24.0 Å². The van der Waals surface area contributed by atoms with E-state index in [1.165, 1.54) is 10.6 Å². The van der Waals surface area contributed by atoms with Gasteiger partial charge in [0.05, 0.1) is 5.44 Å². The van der Waals surface area contributed by atoms with Crippen LogP contribution in [-0.2, 0) is 22.4 Å². The van der Waals surface area contributed by atoms with Gasteiger partial charge in [-0.15, -0.1) is 0 Å². The molecule has 0 fully saturated rings. The maximum atomic E-state index is 4.56. The summed E-state index contributed by atoms with van der Waals surface area (Å²) in [6.45, 7) is 0. The van der Waals surface area contributed by atoms with Crippen molar-refractivity contribution in [1.82, 2.24) is 4.98 Å². The number of benzene rings is 2. The standard InChI is InChI=1S/C17H14NP.Au.ClH/c1-3-9-15(10-4-1)19(16-11-5-2-6-12-16)17-13-7-8-14-18-17;;/h1-14H;;1H/q;+1;/p-1. The quantitative estimate of drug-likeness (QED) is 0.364. The van der Waals surface area contributed by atoms with E-state index in [0.29, 0.717) is 0 Å². The number of hydrogen-bond donors (Lipinski definition) is 0. The van der Waals surface area contributed by atoms with Crippen LogP contribution in [0, 0.1) is 0 Å². The molecule has 0 aliphatic heterocycles. The molecule has 110 valence electrons. The third kappa shape index (κ3) is 4.51. The zero-order valence-electron chi connectivity index (χ0n) is 11.2. The number of aromatic nitrogens is 1. The molecule has 2 aromatic carbocycles. The Bertz CT molecular complexity index is 541. The summed E-state index contributed by atoms with van der Waals surface area (Å²) in [4.78, 5) is 4.56. The fourth-order valence-corrected chi connectivity index (χ4v) is 4.24. The molecule has 21 heavy (non-hydrogen) atoms. The van der Waals surface area contributed by atoms with Crippen LogP contribution in [0.1, 0.15) is 0 Å². The molecule has 3 rings (SSSR count). The zero-order chi connectivity index (χ0) is 12.9. The van der Waals surface area contributed by atoms with E-state index in [0.717, 1.165) is 5.44 Å². The third-order valence-electron chi connectivity index (χ3n) is 2.91. The van der Waals surface area contributed by atoms with Crippen molar-refractivity contribution in [3.8, 4) is 0 Å². The maximum absolute atomic E-state index is 4.56. The Morgan fingerprint density at radius 1 is 0.619 bits per heavy atom. The molecule has 0 spiro atoms.